The third-order valence-electron chi connectivity index (χ3n) is 5.17. The number of esters is 1. The Morgan fingerprint density at radius 3 is 2.81 bits per heavy atom. The second-order valence-electron chi connectivity index (χ2n) is 7.55. The average Bonchev–Trinajstić information content (AvgIpc) is 3.00. The zero-order valence-electron chi connectivity index (χ0n) is 15.4. The Hall–Kier alpha value is -1.64. The molecule has 2 heterocycles. The van der Waals surface area contributed by atoms with Crippen LogP contribution >= 0.6 is 0 Å². The molecule has 0 aliphatic carbocycles. The first-order chi connectivity index (χ1) is 12.1. The molecule has 2 unspecified atom stereocenters. The lowest BCUT2D eigenvalue weighted by Crippen LogP contribution is -2.53. The van der Waals surface area contributed by atoms with Crippen molar-refractivity contribution < 1.29 is 22.7 Å². The number of ether oxygens (including phenoxy) is 2. The fraction of sp³-hybridized carbons (Fsp3) is 0.611. The molecule has 0 saturated carbocycles. The van der Waals surface area contributed by atoms with Crippen molar-refractivity contribution in [1.82, 2.24) is 4.31 Å². The lowest BCUT2D eigenvalue weighted by atomic mass is 9.81. The molecule has 3 rings (SSSR count). The van der Waals surface area contributed by atoms with Crippen molar-refractivity contribution in [1.29, 1.82) is 0 Å². The largest absolute Gasteiger partial charge is 0.478 e. The van der Waals surface area contributed by atoms with Gasteiger partial charge in [0.25, 0.3) is 0 Å². The first-order valence-corrected chi connectivity index (χ1v) is 10.3. The van der Waals surface area contributed by atoms with E-state index >= 15 is 0 Å². The molecule has 0 radical (unpaired) electrons. The van der Waals surface area contributed by atoms with Gasteiger partial charge in [0.2, 0.25) is 10.0 Å². The smallest absolute Gasteiger partial charge is 0.347 e. The predicted octanol–water partition coefficient (Wildman–Crippen LogP) is 1.30. The van der Waals surface area contributed by atoms with Crippen LogP contribution in [-0.2, 0) is 26.0 Å². The van der Waals surface area contributed by atoms with E-state index in [9.17, 15) is 13.2 Å². The van der Waals surface area contributed by atoms with Gasteiger partial charge in [-0.1, -0.05) is 13.8 Å². The molecule has 2 aliphatic rings. The van der Waals surface area contributed by atoms with Crippen LogP contribution in [0.15, 0.2) is 23.1 Å². The van der Waals surface area contributed by atoms with Gasteiger partial charge in [0.1, 0.15) is 5.75 Å². The molecule has 2 aliphatic heterocycles. The van der Waals surface area contributed by atoms with Crippen molar-refractivity contribution in [3.8, 4) is 5.75 Å². The highest BCUT2D eigenvalue weighted by molar-refractivity contribution is 7.89. The first kappa shape index (κ1) is 19.1. The predicted molar refractivity (Wildman–Crippen MR) is 96.3 cm³/mol. The van der Waals surface area contributed by atoms with Crippen LogP contribution in [0.5, 0.6) is 5.75 Å². The number of benzene rings is 1. The maximum absolute atomic E-state index is 13.1. The van der Waals surface area contributed by atoms with Crippen LogP contribution in [0, 0.1) is 5.41 Å². The molecule has 1 fully saturated rings. The van der Waals surface area contributed by atoms with Crippen LogP contribution in [0.4, 0.5) is 0 Å². The van der Waals surface area contributed by atoms with E-state index in [0.717, 1.165) is 0 Å². The quantitative estimate of drug-likeness (QED) is 0.788. The summed E-state index contributed by atoms with van der Waals surface area (Å²) in [5.41, 5.74) is 6.54. The maximum atomic E-state index is 13.1. The summed E-state index contributed by atoms with van der Waals surface area (Å²) in [5.74, 6) is 0.0999. The molecule has 26 heavy (non-hydrogen) atoms. The standard InChI is InChI=1S/C18H26N2O5S/c1-4-24-17(21)15-10-12-9-13(5-6-14(12)25-15)26(22,23)20-8-7-16(19)18(2,3)11-20/h5-6,9,15-16H,4,7-8,10-11,19H2,1-3H3. The van der Waals surface area contributed by atoms with Gasteiger partial charge in [0.15, 0.2) is 6.10 Å². The van der Waals surface area contributed by atoms with Crippen molar-refractivity contribution >= 4 is 16.0 Å². The molecule has 1 saturated heterocycles. The SMILES string of the molecule is CCOC(=O)C1Cc2cc(S(=O)(=O)N3CCC(N)C(C)(C)C3)ccc2O1. The summed E-state index contributed by atoms with van der Waals surface area (Å²) in [6.45, 7) is 6.78. The Balaban J connectivity index is 1.81. The number of nitrogens with zero attached hydrogens (tertiary/aromatic N) is 1. The Kier molecular flexibility index (Phi) is 5.02. The van der Waals surface area contributed by atoms with Gasteiger partial charge in [-0.15, -0.1) is 0 Å². The van der Waals surface area contributed by atoms with E-state index in [1.807, 2.05) is 13.8 Å². The number of carbonyl (C=O) groups is 1. The molecule has 7 nitrogen and oxygen atoms in total. The van der Waals surface area contributed by atoms with Gasteiger partial charge in [-0.05, 0) is 42.5 Å². The minimum absolute atomic E-state index is 0.0206. The number of fused-ring (bicyclic) bond motifs is 1. The lowest BCUT2D eigenvalue weighted by Gasteiger charge is -2.41. The summed E-state index contributed by atoms with van der Waals surface area (Å²) in [6, 6.07) is 4.73. The number of nitrogens with two attached hydrogens (primary N) is 1. The minimum atomic E-state index is -3.62. The summed E-state index contributed by atoms with van der Waals surface area (Å²) in [7, 11) is -3.62. The minimum Gasteiger partial charge on any atom is -0.478 e. The van der Waals surface area contributed by atoms with Crippen LogP contribution in [-0.4, -0.2) is 50.5 Å². The monoisotopic (exact) mass is 382 g/mol. The topological polar surface area (TPSA) is 98.9 Å². The maximum Gasteiger partial charge on any atom is 0.347 e. The van der Waals surface area contributed by atoms with E-state index in [-0.39, 0.29) is 23.0 Å². The summed E-state index contributed by atoms with van der Waals surface area (Å²) in [6.07, 6.45) is 0.230. The van der Waals surface area contributed by atoms with E-state index in [2.05, 4.69) is 0 Å². The van der Waals surface area contributed by atoms with E-state index in [1.165, 1.54) is 10.4 Å². The molecule has 0 spiro atoms. The highest BCUT2D eigenvalue weighted by Gasteiger charge is 2.39. The number of piperidine rings is 1. The van der Waals surface area contributed by atoms with E-state index < -0.39 is 22.1 Å². The Morgan fingerprint density at radius 1 is 1.42 bits per heavy atom. The molecule has 1 aromatic carbocycles. The van der Waals surface area contributed by atoms with Gasteiger partial charge in [-0.3, -0.25) is 0 Å². The zero-order valence-corrected chi connectivity index (χ0v) is 16.2. The van der Waals surface area contributed by atoms with Crippen LogP contribution in [0.2, 0.25) is 0 Å². The molecule has 8 heteroatoms. The van der Waals surface area contributed by atoms with Gasteiger partial charge in [0, 0.05) is 25.6 Å². The molecular weight excluding hydrogens is 356 g/mol. The third kappa shape index (κ3) is 3.45. The van der Waals surface area contributed by atoms with E-state index in [1.54, 1.807) is 19.1 Å². The van der Waals surface area contributed by atoms with Crippen LogP contribution < -0.4 is 10.5 Å². The molecule has 0 aromatic heterocycles. The molecule has 144 valence electrons. The second kappa shape index (κ2) is 6.83. The van der Waals surface area contributed by atoms with Gasteiger partial charge >= 0.3 is 5.97 Å². The second-order valence-corrected chi connectivity index (χ2v) is 9.49. The molecule has 1 aromatic rings. The molecule has 0 bridgehead atoms. The van der Waals surface area contributed by atoms with Gasteiger partial charge in [-0.25, -0.2) is 13.2 Å². The Labute approximate surface area is 154 Å². The van der Waals surface area contributed by atoms with Crippen molar-refractivity contribution in [3.05, 3.63) is 23.8 Å². The number of hydrogen-bond acceptors (Lipinski definition) is 6. The van der Waals surface area contributed by atoms with Gasteiger partial charge in [0.05, 0.1) is 11.5 Å². The first-order valence-electron chi connectivity index (χ1n) is 8.87. The summed E-state index contributed by atoms with van der Waals surface area (Å²) in [5, 5.41) is 0. The molecule has 2 atom stereocenters. The van der Waals surface area contributed by atoms with Crippen molar-refractivity contribution in [2.75, 3.05) is 19.7 Å². The van der Waals surface area contributed by atoms with Crippen molar-refractivity contribution in [2.24, 2.45) is 11.1 Å². The summed E-state index contributed by atoms with van der Waals surface area (Å²) >= 11 is 0. The van der Waals surface area contributed by atoms with Crippen LogP contribution in [0.1, 0.15) is 32.8 Å². The molecule has 0 amide bonds. The van der Waals surface area contributed by atoms with E-state index in [4.69, 9.17) is 15.2 Å². The fourth-order valence-corrected chi connectivity index (χ4v) is 5.11. The van der Waals surface area contributed by atoms with Gasteiger partial charge < -0.3 is 15.2 Å². The van der Waals surface area contributed by atoms with E-state index in [0.29, 0.717) is 37.2 Å². The third-order valence-corrected chi connectivity index (χ3v) is 7.01. The van der Waals surface area contributed by atoms with Crippen molar-refractivity contribution in [2.45, 2.75) is 50.7 Å². The number of sulfonamides is 1. The highest BCUT2D eigenvalue weighted by atomic mass is 32.2. The fourth-order valence-electron chi connectivity index (χ4n) is 3.43. The zero-order chi connectivity index (χ0) is 19.1. The highest BCUT2D eigenvalue weighted by Crippen LogP contribution is 2.35. The average molecular weight is 382 g/mol. The number of carbonyl (C=O) groups excluding carboxylic acids is 1. The number of rotatable bonds is 4. The summed E-state index contributed by atoms with van der Waals surface area (Å²) in [4.78, 5) is 12.1. The van der Waals surface area contributed by atoms with Crippen molar-refractivity contribution in [3.63, 3.8) is 0 Å². The number of hydrogen-bond donors (Lipinski definition) is 1. The van der Waals surface area contributed by atoms with Gasteiger partial charge in [-0.2, -0.15) is 4.31 Å². The summed E-state index contributed by atoms with van der Waals surface area (Å²) < 4.78 is 38.2. The normalized spacial score (nSPS) is 25.4. The Morgan fingerprint density at radius 2 is 2.15 bits per heavy atom. The van der Waals surface area contributed by atoms with Crippen LogP contribution in [0.25, 0.3) is 0 Å². The van der Waals surface area contributed by atoms with Crippen LogP contribution in [0.3, 0.4) is 0 Å². The Bertz CT molecular complexity index is 806. The lowest BCUT2D eigenvalue weighted by molar-refractivity contribution is -0.150. The molecule has 2 N–H and O–H groups in total. The molecular formula is C18H26N2O5S.